The number of rotatable bonds is 6. The summed E-state index contributed by atoms with van der Waals surface area (Å²) in [4.78, 5) is 31.0. The van der Waals surface area contributed by atoms with E-state index in [2.05, 4.69) is 26.2 Å². The van der Waals surface area contributed by atoms with Crippen LogP contribution in [0.5, 0.6) is 5.75 Å². The highest BCUT2D eigenvalue weighted by atomic mass is 79.9. The minimum absolute atomic E-state index is 0.205. The van der Waals surface area contributed by atoms with Crippen LogP contribution >= 0.6 is 15.9 Å². The minimum Gasteiger partial charge on any atom is -0.496 e. The molecule has 32 heavy (non-hydrogen) atoms. The van der Waals surface area contributed by atoms with Crippen LogP contribution in [0.2, 0.25) is 0 Å². The van der Waals surface area contributed by atoms with Crippen molar-refractivity contribution in [2.45, 2.75) is 19.4 Å². The molecule has 10 heteroatoms. The van der Waals surface area contributed by atoms with Crippen molar-refractivity contribution >= 4 is 39.3 Å². The summed E-state index contributed by atoms with van der Waals surface area (Å²) in [5.41, 5.74) is 3.04. The maximum absolute atomic E-state index is 13.4. The zero-order valence-corrected chi connectivity index (χ0v) is 19.1. The summed E-state index contributed by atoms with van der Waals surface area (Å²) in [7, 11) is 1.58. The van der Waals surface area contributed by atoms with Crippen molar-refractivity contribution in [1.29, 1.82) is 0 Å². The maximum Gasteiger partial charge on any atom is 0.317 e. The zero-order valence-electron chi connectivity index (χ0n) is 17.5. The van der Waals surface area contributed by atoms with Gasteiger partial charge in [0.05, 0.1) is 17.3 Å². The molecule has 3 N–H and O–H groups in total. The third kappa shape index (κ3) is 5.83. The number of halogens is 2. The number of ketones is 1. The van der Waals surface area contributed by atoms with Gasteiger partial charge in [-0.3, -0.25) is 10.0 Å². The molecule has 1 saturated heterocycles. The molecule has 3 rings (SSSR count). The first kappa shape index (κ1) is 23.7. The molecule has 0 aromatic heterocycles. The van der Waals surface area contributed by atoms with Crippen LogP contribution in [-0.4, -0.2) is 48.0 Å². The summed E-state index contributed by atoms with van der Waals surface area (Å²) in [6.45, 7) is 1.13. The number of urea groups is 1. The highest BCUT2D eigenvalue weighted by Gasteiger charge is 2.30. The first-order valence-electron chi connectivity index (χ1n) is 10.1. The topological polar surface area (TPSA) is 103 Å². The van der Waals surface area contributed by atoms with Gasteiger partial charge in [0.2, 0.25) is 5.78 Å². The fraction of sp³-hybridized carbons (Fsp3) is 0.318. The predicted molar refractivity (Wildman–Crippen MR) is 121 cm³/mol. The lowest BCUT2D eigenvalue weighted by Gasteiger charge is -2.31. The number of hydroxylamine groups is 1. The zero-order chi connectivity index (χ0) is 23.1. The molecule has 0 aliphatic carbocycles. The lowest BCUT2D eigenvalue weighted by molar-refractivity contribution is -0.118. The number of carbonyl (C=O) groups excluding carboxylic acids is 2. The second-order valence-electron chi connectivity index (χ2n) is 7.27. The molecule has 2 aromatic rings. The van der Waals surface area contributed by atoms with Gasteiger partial charge >= 0.3 is 6.03 Å². The van der Waals surface area contributed by atoms with E-state index in [1.54, 1.807) is 12.0 Å². The second-order valence-corrected chi connectivity index (χ2v) is 8.12. The van der Waals surface area contributed by atoms with E-state index in [9.17, 15) is 19.2 Å². The van der Waals surface area contributed by atoms with Crippen molar-refractivity contribution in [3.63, 3.8) is 0 Å². The van der Waals surface area contributed by atoms with E-state index in [0.29, 0.717) is 43.9 Å². The molecule has 0 radical (unpaired) electrons. The van der Waals surface area contributed by atoms with Gasteiger partial charge < -0.3 is 15.0 Å². The third-order valence-corrected chi connectivity index (χ3v) is 5.87. The van der Waals surface area contributed by atoms with E-state index in [1.165, 1.54) is 18.2 Å². The standard InChI is InChI=1S/C22H24BrFN4O4/c1-32-19-5-3-2-4-15(19)13-25-22(30)28-10-8-14(9-11-28)20(29)21(27-31)26-16-6-7-18(24)17(23)12-16/h2-7,12,14,31H,8-11,13H2,1H3,(H,25,30)(H,26,27). The van der Waals surface area contributed by atoms with Gasteiger partial charge in [-0.15, -0.1) is 0 Å². The Balaban J connectivity index is 1.55. The number of hydrogen-bond acceptors (Lipinski definition) is 5. The average Bonchev–Trinajstić information content (AvgIpc) is 2.83. The molecule has 0 spiro atoms. The molecule has 0 unspecified atom stereocenters. The van der Waals surface area contributed by atoms with Gasteiger partial charge in [0.15, 0.2) is 5.84 Å². The van der Waals surface area contributed by atoms with E-state index < -0.39 is 11.7 Å². The van der Waals surface area contributed by atoms with Gasteiger partial charge in [0.1, 0.15) is 11.6 Å². The van der Waals surface area contributed by atoms with Crippen LogP contribution in [0.1, 0.15) is 18.4 Å². The Bertz CT molecular complexity index is 1010. The molecule has 2 aromatic carbocycles. The Morgan fingerprint density at radius 2 is 1.97 bits per heavy atom. The van der Waals surface area contributed by atoms with Gasteiger partial charge in [-0.25, -0.2) is 19.7 Å². The van der Waals surface area contributed by atoms with Crippen molar-refractivity contribution < 1.29 is 23.9 Å². The summed E-state index contributed by atoms with van der Waals surface area (Å²) < 4.78 is 18.9. The highest BCUT2D eigenvalue weighted by Crippen LogP contribution is 2.24. The number of amidine groups is 1. The first-order valence-corrected chi connectivity index (χ1v) is 10.8. The van der Waals surface area contributed by atoms with E-state index >= 15 is 0 Å². The minimum atomic E-state index is -0.454. The summed E-state index contributed by atoms with van der Waals surface area (Å²) >= 11 is 3.06. The largest absolute Gasteiger partial charge is 0.496 e. The van der Waals surface area contributed by atoms with Gasteiger partial charge in [0, 0.05) is 31.1 Å². The monoisotopic (exact) mass is 506 g/mol. The maximum atomic E-state index is 13.4. The van der Waals surface area contributed by atoms with Gasteiger partial charge in [-0.2, -0.15) is 0 Å². The lowest BCUT2D eigenvalue weighted by Crippen LogP contribution is -2.46. The van der Waals surface area contributed by atoms with Crippen LogP contribution in [-0.2, 0) is 11.3 Å². The number of nitrogens with zero attached hydrogens (tertiary/aromatic N) is 2. The van der Waals surface area contributed by atoms with Crippen LogP contribution in [0.25, 0.3) is 0 Å². The molecular formula is C22H24BrFN4O4. The second kappa shape index (κ2) is 11.1. The molecule has 0 saturated carbocycles. The number of aliphatic imine (C=N–C) groups is 1. The number of nitrogens with one attached hydrogen (secondary N) is 2. The molecule has 0 atom stereocenters. The van der Waals surface area contributed by atoms with Crippen molar-refractivity contribution in [3.05, 3.63) is 58.3 Å². The molecule has 2 amide bonds. The van der Waals surface area contributed by atoms with Crippen LogP contribution in [0.15, 0.2) is 51.9 Å². The molecule has 170 valence electrons. The number of methoxy groups -OCH3 is 1. The summed E-state index contributed by atoms with van der Waals surface area (Å²) in [6, 6.07) is 11.3. The molecule has 1 aliphatic heterocycles. The molecule has 1 heterocycles. The smallest absolute Gasteiger partial charge is 0.317 e. The number of Topliss-reactive ketones (excluding diaryl/α,β-unsaturated/α-hetero) is 1. The predicted octanol–water partition coefficient (Wildman–Crippen LogP) is 3.80. The third-order valence-electron chi connectivity index (χ3n) is 5.26. The molecule has 1 fully saturated rings. The molecule has 1 aliphatic rings. The van der Waals surface area contributed by atoms with Gasteiger partial charge in [0.25, 0.3) is 0 Å². The lowest BCUT2D eigenvalue weighted by atomic mass is 9.92. The summed E-state index contributed by atoms with van der Waals surface area (Å²) in [6.07, 6.45) is 0.878. The first-order chi connectivity index (χ1) is 15.4. The average molecular weight is 507 g/mol. The number of carbonyl (C=O) groups is 2. The van der Waals surface area contributed by atoms with Crippen LogP contribution in [0.4, 0.5) is 14.9 Å². The van der Waals surface area contributed by atoms with Gasteiger partial charge in [-0.05, 0) is 53.0 Å². The number of para-hydroxylation sites is 1. The summed E-state index contributed by atoms with van der Waals surface area (Å²) in [5, 5.41) is 12.3. The quantitative estimate of drug-likeness (QED) is 0.314. The Hall–Kier alpha value is -2.98. The van der Waals surface area contributed by atoms with Crippen LogP contribution in [0, 0.1) is 11.7 Å². The van der Waals surface area contributed by atoms with Crippen molar-refractivity contribution in [3.8, 4) is 5.75 Å². The number of ether oxygens (including phenoxy) is 1. The Kier molecular flexibility index (Phi) is 8.18. The Labute approximate surface area is 193 Å². The van der Waals surface area contributed by atoms with Crippen LogP contribution < -0.4 is 15.5 Å². The van der Waals surface area contributed by atoms with Crippen molar-refractivity contribution in [2.24, 2.45) is 10.9 Å². The van der Waals surface area contributed by atoms with Crippen molar-refractivity contribution in [1.82, 2.24) is 15.7 Å². The molecule has 0 bridgehead atoms. The Morgan fingerprint density at radius 3 is 2.62 bits per heavy atom. The normalized spacial score (nSPS) is 14.8. The number of likely N-dealkylation sites (tertiary alicyclic amines) is 1. The van der Waals surface area contributed by atoms with Gasteiger partial charge in [-0.1, -0.05) is 18.2 Å². The molecular weight excluding hydrogens is 483 g/mol. The van der Waals surface area contributed by atoms with E-state index in [4.69, 9.17) is 4.74 Å². The highest BCUT2D eigenvalue weighted by molar-refractivity contribution is 9.10. The fourth-order valence-electron chi connectivity index (χ4n) is 3.49. The number of benzene rings is 2. The van der Waals surface area contributed by atoms with E-state index in [-0.39, 0.29) is 22.1 Å². The van der Waals surface area contributed by atoms with Crippen LogP contribution in [0.3, 0.4) is 0 Å². The SMILES string of the molecule is COc1ccccc1CNC(=O)N1CCC(C(=O)C(=Nc2ccc(F)c(Br)c2)NO)CC1. The molecule has 8 nitrogen and oxygen atoms in total. The number of piperidine rings is 1. The fourth-order valence-corrected chi connectivity index (χ4v) is 3.86. The van der Waals surface area contributed by atoms with Crippen molar-refractivity contribution in [2.75, 3.05) is 20.2 Å². The Morgan fingerprint density at radius 1 is 1.25 bits per heavy atom. The number of amides is 2. The summed E-state index contributed by atoms with van der Waals surface area (Å²) in [5.74, 6) is -0.723. The van der Waals surface area contributed by atoms with E-state index in [1.807, 2.05) is 29.7 Å². The van der Waals surface area contributed by atoms with E-state index in [0.717, 1.165) is 5.56 Å². The number of hydrogen-bond donors (Lipinski definition) is 3.